The highest BCUT2D eigenvalue weighted by atomic mass is 79.9. The number of anilines is 1. The van der Waals surface area contributed by atoms with Crippen molar-refractivity contribution in [1.29, 1.82) is 0 Å². The summed E-state index contributed by atoms with van der Waals surface area (Å²) in [6, 6.07) is 7.64. The van der Waals surface area contributed by atoms with Crippen LogP contribution in [0, 0.1) is 6.92 Å². The Bertz CT molecular complexity index is 620. The van der Waals surface area contributed by atoms with Gasteiger partial charge in [-0.15, -0.1) is 0 Å². The van der Waals surface area contributed by atoms with Gasteiger partial charge in [0.1, 0.15) is 18.2 Å². The number of nitrogens with zero attached hydrogens (tertiary/aromatic N) is 2. The number of hydrogen-bond acceptors (Lipinski definition) is 5. The van der Waals surface area contributed by atoms with Crippen molar-refractivity contribution >= 4 is 21.7 Å². The zero-order chi connectivity index (χ0) is 15.2. The van der Waals surface area contributed by atoms with E-state index in [0.717, 1.165) is 10.0 Å². The first-order chi connectivity index (χ1) is 10.1. The Kier molecular flexibility index (Phi) is 5.52. The minimum absolute atomic E-state index is 0.359. The van der Waals surface area contributed by atoms with Gasteiger partial charge in [-0.25, -0.2) is 4.98 Å². The molecule has 0 aliphatic heterocycles. The van der Waals surface area contributed by atoms with Crippen LogP contribution in [0.1, 0.15) is 18.3 Å². The fourth-order valence-electron chi connectivity index (χ4n) is 1.71. The van der Waals surface area contributed by atoms with E-state index in [1.165, 1.54) is 0 Å². The third kappa shape index (κ3) is 4.41. The fraction of sp³-hybridized carbons (Fsp3) is 0.333. The first-order valence-corrected chi connectivity index (χ1v) is 7.49. The molecule has 21 heavy (non-hydrogen) atoms. The largest absolute Gasteiger partial charge is 0.438 e. The molecule has 0 fully saturated rings. The third-order valence-corrected chi connectivity index (χ3v) is 3.36. The zero-order valence-electron chi connectivity index (χ0n) is 12.3. The first kappa shape index (κ1) is 15.7. The van der Waals surface area contributed by atoms with E-state index in [1.807, 2.05) is 32.0 Å². The van der Waals surface area contributed by atoms with Crippen LogP contribution in [0.5, 0.6) is 11.6 Å². The van der Waals surface area contributed by atoms with Crippen molar-refractivity contribution in [3.63, 3.8) is 0 Å². The van der Waals surface area contributed by atoms with Crippen LogP contribution in [0.4, 0.5) is 5.82 Å². The van der Waals surface area contributed by atoms with E-state index in [4.69, 9.17) is 9.47 Å². The van der Waals surface area contributed by atoms with Crippen molar-refractivity contribution in [2.75, 3.05) is 19.0 Å². The second-order valence-electron chi connectivity index (χ2n) is 4.43. The van der Waals surface area contributed by atoms with E-state index < -0.39 is 0 Å². The van der Waals surface area contributed by atoms with Gasteiger partial charge in [-0.1, -0.05) is 6.07 Å². The summed E-state index contributed by atoms with van der Waals surface area (Å²) in [7, 11) is 1.80. The molecule has 0 saturated heterocycles. The Balaban J connectivity index is 2.25. The number of hydrogen-bond donors (Lipinski definition) is 1. The molecule has 0 bridgehead atoms. The maximum absolute atomic E-state index is 5.83. The van der Waals surface area contributed by atoms with Gasteiger partial charge in [-0.2, -0.15) is 4.98 Å². The summed E-state index contributed by atoms with van der Waals surface area (Å²) in [6.45, 7) is 4.94. The van der Waals surface area contributed by atoms with Gasteiger partial charge in [0.2, 0.25) is 5.88 Å². The maximum Gasteiger partial charge on any atom is 0.224 e. The molecule has 0 aliphatic rings. The summed E-state index contributed by atoms with van der Waals surface area (Å²) >= 11 is 3.49. The lowest BCUT2D eigenvalue weighted by Crippen LogP contribution is -2.04. The van der Waals surface area contributed by atoms with Crippen LogP contribution in [-0.2, 0) is 11.3 Å². The van der Waals surface area contributed by atoms with Crippen molar-refractivity contribution in [1.82, 2.24) is 9.97 Å². The van der Waals surface area contributed by atoms with E-state index >= 15 is 0 Å². The molecular weight excluding hydrogens is 334 g/mol. The van der Waals surface area contributed by atoms with Crippen molar-refractivity contribution in [3.8, 4) is 11.6 Å². The summed E-state index contributed by atoms with van der Waals surface area (Å²) in [6.07, 6.45) is 0. The van der Waals surface area contributed by atoms with Crippen molar-refractivity contribution in [2.24, 2.45) is 0 Å². The summed E-state index contributed by atoms with van der Waals surface area (Å²) in [5, 5.41) is 3.00. The summed E-state index contributed by atoms with van der Waals surface area (Å²) < 4.78 is 12.1. The highest BCUT2D eigenvalue weighted by Gasteiger charge is 2.08. The van der Waals surface area contributed by atoms with Gasteiger partial charge in [-0.3, -0.25) is 0 Å². The smallest absolute Gasteiger partial charge is 0.224 e. The van der Waals surface area contributed by atoms with Gasteiger partial charge < -0.3 is 14.8 Å². The minimum Gasteiger partial charge on any atom is -0.438 e. The number of aryl methyl sites for hydroxylation is 1. The Morgan fingerprint density at radius 3 is 2.71 bits per heavy atom. The Morgan fingerprint density at radius 2 is 2.05 bits per heavy atom. The van der Waals surface area contributed by atoms with Crippen molar-refractivity contribution < 1.29 is 9.47 Å². The SMILES string of the molecule is CCOCc1nc(NC)cc(Oc2ccc(C)cc2Br)n1. The first-order valence-electron chi connectivity index (χ1n) is 6.70. The number of rotatable bonds is 6. The molecule has 6 heteroatoms. The highest BCUT2D eigenvalue weighted by molar-refractivity contribution is 9.10. The minimum atomic E-state index is 0.359. The van der Waals surface area contributed by atoms with Crippen LogP contribution < -0.4 is 10.1 Å². The van der Waals surface area contributed by atoms with Gasteiger partial charge in [0.25, 0.3) is 0 Å². The average molecular weight is 352 g/mol. The van der Waals surface area contributed by atoms with Crippen LogP contribution in [0.2, 0.25) is 0 Å². The molecule has 0 radical (unpaired) electrons. The summed E-state index contributed by atoms with van der Waals surface area (Å²) in [5.41, 5.74) is 1.16. The Morgan fingerprint density at radius 1 is 1.24 bits per heavy atom. The number of ether oxygens (including phenoxy) is 2. The standard InChI is InChI=1S/C15H18BrN3O2/c1-4-20-9-14-18-13(17-3)8-15(19-14)21-12-6-5-10(2)7-11(12)16/h5-8H,4,9H2,1-3H3,(H,17,18,19). The molecule has 1 aromatic heterocycles. The van der Waals surface area contributed by atoms with E-state index in [0.29, 0.717) is 36.5 Å². The van der Waals surface area contributed by atoms with Crippen LogP contribution in [0.25, 0.3) is 0 Å². The lowest BCUT2D eigenvalue weighted by atomic mass is 10.2. The van der Waals surface area contributed by atoms with Crippen LogP contribution in [0.3, 0.4) is 0 Å². The Labute approximate surface area is 132 Å². The van der Waals surface area contributed by atoms with Crippen molar-refractivity contribution in [3.05, 3.63) is 40.1 Å². The van der Waals surface area contributed by atoms with Crippen molar-refractivity contribution in [2.45, 2.75) is 20.5 Å². The van der Waals surface area contributed by atoms with E-state index in [9.17, 15) is 0 Å². The number of nitrogens with one attached hydrogen (secondary N) is 1. The molecule has 1 heterocycles. The van der Waals surface area contributed by atoms with Crippen LogP contribution in [0.15, 0.2) is 28.7 Å². The molecule has 0 atom stereocenters. The van der Waals surface area contributed by atoms with Crippen LogP contribution in [-0.4, -0.2) is 23.6 Å². The molecule has 0 amide bonds. The lowest BCUT2D eigenvalue weighted by molar-refractivity contribution is 0.128. The molecule has 0 saturated carbocycles. The predicted molar refractivity (Wildman–Crippen MR) is 85.9 cm³/mol. The van der Waals surface area contributed by atoms with Gasteiger partial charge >= 0.3 is 0 Å². The topological polar surface area (TPSA) is 56.3 Å². The van der Waals surface area contributed by atoms with E-state index in [1.54, 1.807) is 13.1 Å². The summed E-state index contributed by atoms with van der Waals surface area (Å²) in [5.74, 6) is 2.47. The molecule has 1 aromatic carbocycles. The number of benzene rings is 1. The van der Waals surface area contributed by atoms with E-state index in [-0.39, 0.29) is 0 Å². The molecule has 2 rings (SSSR count). The zero-order valence-corrected chi connectivity index (χ0v) is 13.9. The number of aromatic nitrogens is 2. The molecule has 0 aliphatic carbocycles. The molecule has 1 N–H and O–H groups in total. The molecule has 0 spiro atoms. The third-order valence-electron chi connectivity index (χ3n) is 2.74. The average Bonchev–Trinajstić information content (AvgIpc) is 2.48. The fourth-order valence-corrected chi connectivity index (χ4v) is 2.29. The normalized spacial score (nSPS) is 10.5. The van der Waals surface area contributed by atoms with Gasteiger partial charge in [-0.05, 0) is 47.5 Å². The molecule has 0 unspecified atom stereocenters. The predicted octanol–water partition coefficient (Wildman–Crippen LogP) is 3.92. The monoisotopic (exact) mass is 351 g/mol. The number of halogens is 1. The van der Waals surface area contributed by atoms with Gasteiger partial charge in [0.15, 0.2) is 5.82 Å². The molecule has 112 valence electrons. The quantitative estimate of drug-likeness (QED) is 0.854. The lowest BCUT2D eigenvalue weighted by Gasteiger charge is -2.10. The van der Waals surface area contributed by atoms with Gasteiger partial charge in [0, 0.05) is 19.7 Å². The maximum atomic E-state index is 5.83. The van der Waals surface area contributed by atoms with Crippen LogP contribution >= 0.6 is 15.9 Å². The second kappa shape index (κ2) is 7.38. The Hall–Kier alpha value is -1.66. The van der Waals surface area contributed by atoms with E-state index in [2.05, 4.69) is 31.2 Å². The molecule has 5 nitrogen and oxygen atoms in total. The summed E-state index contributed by atoms with van der Waals surface area (Å²) in [4.78, 5) is 8.69. The highest BCUT2D eigenvalue weighted by Crippen LogP contribution is 2.30. The second-order valence-corrected chi connectivity index (χ2v) is 5.29. The molecule has 2 aromatic rings. The van der Waals surface area contributed by atoms with Gasteiger partial charge in [0.05, 0.1) is 4.47 Å². The molecular formula is C15H18BrN3O2.